The molecule has 25 heavy (non-hydrogen) atoms. The lowest BCUT2D eigenvalue weighted by Crippen LogP contribution is -2.52. The minimum Gasteiger partial charge on any atom is -0.368 e. The summed E-state index contributed by atoms with van der Waals surface area (Å²) in [5.41, 5.74) is 1.07. The van der Waals surface area contributed by atoms with Gasteiger partial charge in [0, 0.05) is 49.5 Å². The Hall–Kier alpha value is -2.15. The van der Waals surface area contributed by atoms with E-state index in [1.807, 2.05) is 18.3 Å². The molecule has 0 saturated carbocycles. The van der Waals surface area contributed by atoms with Crippen molar-refractivity contribution in [2.45, 2.75) is 20.4 Å². The SMILES string of the molecule is CCNC(=NCc1ncc(C)s1)N1CCN(c2ccc(F)cc2)CC1. The van der Waals surface area contributed by atoms with Crippen LogP contribution in [0.1, 0.15) is 16.8 Å². The number of aryl methyl sites for hydroxylation is 1. The molecule has 0 bridgehead atoms. The fourth-order valence-corrected chi connectivity index (χ4v) is 3.58. The zero-order valence-corrected chi connectivity index (χ0v) is 15.5. The van der Waals surface area contributed by atoms with Gasteiger partial charge in [0.25, 0.3) is 0 Å². The second-order valence-corrected chi connectivity index (χ2v) is 7.30. The number of hydrogen-bond donors (Lipinski definition) is 1. The van der Waals surface area contributed by atoms with E-state index < -0.39 is 0 Å². The third-order valence-electron chi connectivity index (χ3n) is 4.14. The van der Waals surface area contributed by atoms with Crippen molar-refractivity contribution in [1.29, 1.82) is 0 Å². The van der Waals surface area contributed by atoms with Crippen molar-refractivity contribution in [3.63, 3.8) is 0 Å². The molecule has 1 aromatic carbocycles. The van der Waals surface area contributed by atoms with Crippen LogP contribution in [-0.2, 0) is 6.54 Å². The maximum atomic E-state index is 13.1. The largest absolute Gasteiger partial charge is 0.368 e. The monoisotopic (exact) mass is 361 g/mol. The van der Waals surface area contributed by atoms with Crippen molar-refractivity contribution in [2.75, 3.05) is 37.6 Å². The summed E-state index contributed by atoms with van der Waals surface area (Å²) >= 11 is 1.69. The van der Waals surface area contributed by atoms with E-state index in [9.17, 15) is 4.39 Å². The summed E-state index contributed by atoms with van der Waals surface area (Å²) in [4.78, 5) is 14.9. The van der Waals surface area contributed by atoms with Crippen LogP contribution >= 0.6 is 11.3 Å². The first-order valence-electron chi connectivity index (χ1n) is 8.61. The van der Waals surface area contributed by atoms with Gasteiger partial charge in [0.2, 0.25) is 0 Å². The lowest BCUT2D eigenvalue weighted by atomic mass is 10.2. The van der Waals surface area contributed by atoms with Gasteiger partial charge >= 0.3 is 0 Å². The van der Waals surface area contributed by atoms with Crippen LogP contribution in [0, 0.1) is 12.7 Å². The number of halogens is 1. The van der Waals surface area contributed by atoms with Gasteiger partial charge in [-0.1, -0.05) is 0 Å². The molecule has 0 aliphatic carbocycles. The summed E-state index contributed by atoms with van der Waals surface area (Å²) in [6.45, 7) is 9.16. The topological polar surface area (TPSA) is 43.8 Å². The van der Waals surface area contributed by atoms with Crippen LogP contribution in [0.25, 0.3) is 0 Å². The second kappa shape index (κ2) is 8.29. The highest BCUT2D eigenvalue weighted by molar-refractivity contribution is 7.11. The molecule has 0 amide bonds. The fraction of sp³-hybridized carbons (Fsp3) is 0.444. The third-order valence-corrected chi connectivity index (χ3v) is 5.04. The van der Waals surface area contributed by atoms with Crippen LogP contribution in [0.15, 0.2) is 35.5 Å². The minimum atomic E-state index is -0.193. The van der Waals surface area contributed by atoms with Gasteiger partial charge in [-0.3, -0.25) is 0 Å². The molecule has 0 atom stereocenters. The normalized spacial score (nSPS) is 15.6. The van der Waals surface area contributed by atoms with Gasteiger partial charge in [-0.2, -0.15) is 0 Å². The molecule has 1 saturated heterocycles. The summed E-state index contributed by atoms with van der Waals surface area (Å²) in [6.07, 6.45) is 1.89. The maximum Gasteiger partial charge on any atom is 0.194 e. The van der Waals surface area contributed by atoms with Crippen LogP contribution in [0.4, 0.5) is 10.1 Å². The summed E-state index contributed by atoms with van der Waals surface area (Å²) < 4.78 is 13.1. The molecule has 7 heteroatoms. The molecule has 3 rings (SSSR count). The number of guanidine groups is 1. The van der Waals surface area contributed by atoms with Crippen molar-refractivity contribution in [2.24, 2.45) is 4.99 Å². The van der Waals surface area contributed by atoms with Gasteiger partial charge < -0.3 is 15.1 Å². The smallest absolute Gasteiger partial charge is 0.194 e. The molecular weight excluding hydrogens is 337 g/mol. The average molecular weight is 361 g/mol. The molecule has 0 unspecified atom stereocenters. The Bertz CT molecular complexity index is 705. The zero-order chi connectivity index (χ0) is 17.6. The lowest BCUT2D eigenvalue weighted by Gasteiger charge is -2.37. The average Bonchev–Trinajstić information content (AvgIpc) is 3.05. The predicted octanol–water partition coefficient (Wildman–Crippen LogP) is 2.88. The maximum absolute atomic E-state index is 13.1. The number of aromatic nitrogens is 1. The van der Waals surface area contributed by atoms with Gasteiger partial charge in [0.1, 0.15) is 10.8 Å². The van der Waals surface area contributed by atoms with E-state index in [1.54, 1.807) is 11.3 Å². The summed E-state index contributed by atoms with van der Waals surface area (Å²) in [5.74, 6) is 0.746. The number of thiazole rings is 1. The summed E-state index contributed by atoms with van der Waals surface area (Å²) in [6, 6.07) is 6.72. The lowest BCUT2D eigenvalue weighted by molar-refractivity contribution is 0.372. The van der Waals surface area contributed by atoms with E-state index in [1.165, 1.54) is 17.0 Å². The Kier molecular flexibility index (Phi) is 5.86. The minimum absolute atomic E-state index is 0.193. The molecule has 2 heterocycles. The van der Waals surface area contributed by atoms with Gasteiger partial charge in [-0.05, 0) is 38.1 Å². The molecule has 2 aromatic rings. The van der Waals surface area contributed by atoms with Crippen molar-refractivity contribution in [3.8, 4) is 0 Å². The van der Waals surface area contributed by atoms with Crippen LogP contribution in [0.3, 0.4) is 0 Å². The molecule has 1 fully saturated rings. The number of aliphatic imine (C=N–C) groups is 1. The second-order valence-electron chi connectivity index (χ2n) is 5.99. The Morgan fingerprint density at radius 1 is 1.24 bits per heavy atom. The molecule has 0 spiro atoms. The van der Waals surface area contributed by atoms with E-state index in [4.69, 9.17) is 4.99 Å². The molecule has 1 aromatic heterocycles. The first-order valence-corrected chi connectivity index (χ1v) is 9.42. The number of anilines is 1. The summed E-state index contributed by atoms with van der Waals surface area (Å²) in [7, 11) is 0. The van der Waals surface area contributed by atoms with E-state index in [-0.39, 0.29) is 5.82 Å². The van der Waals surface area contributed by atoms with Gasteiger partial charge in [-0.25, -0.2) is 14.4 Å². The molecule has 1 aliphatic heterocycles. The first-order chi connectivity index (χ1) is 12.2. The molecule has 134 valence electrons. The van der Waals surface area contributed by atoms with E-state index in [0.29, 0.717) is 6.54 Å². The number of benzene rings is 1. The van der Waals surface area contributed by atoms with E-state index in [2.05, 4.69) is 33.9 Å². The molecular formula is C18H24FN5S. The Balaban J connectivity index is 1.60. The van der Waals surface area contributed by atoms with Crippen molar-refractivity contribution in [1.82, 2.24) is 15.2 Å². The number of hydrogen-bond acceptors (Lipinski definition) is 4. The van der Waals surface area contributed by atoms with Crippen LogP contribution in [-0.4, -0.2) is 48.6 Å². The Labute approximate surface area is 152 Å². The van der Waals surface area contributed by atoms with Crippen LogP contribution in [0.2, 0.25) is 0 Å². The van der Waals surface area contributed by atoms with E-state index in [0.717, 1.165) is 49.4 Å². The third kappa shape index (κ3) is 4.69. The van der Waals surface area contributed by atoms with Gasteiger partial charge in [-0.15, -0.1) is 11.3 Å². The Morgan fingerprint density at radius 3 is 2.56 bits per heavy atom. The number of nitrogens with zero attached hydrogens (tertiary/aromatic N) is 4. The quantitative estimate of drug-likeness (QED) is 0.672. The van der Waals surface area contributed by atoms with Crippen molar-refractivity contribution in [3.05, 3.63) is 46.2 Å². The molecule has 5 nitrogen and oxygen atoms in total. The molecule has 1 aliphatic rings. The Morgan fingerprint density at radius 2 is 1.96 bits per heavy atom. The van der Waals surface area contributed by atoms with Crippen LogP contribution in [0.5, 0.6) is 0 Å². The van der Waals surface area contributed by atoms with E-state index >= 15 is 0 Å². The number of nitrogens with one attached hydrogen (secondary N) is 1. The highest BCUT2D eigenvalue weighted by Gasteiger charge is 2.20. The van der Waals surface area contributed by atoms with Gasteiger partial charge in [0.05, 0.1) is 6.54 Å². The first kappa shape index (κ1) is 17.7. The number of rotatable bonds is 4. The zero-order valence-electron chi connectivity index (χ0n) is 14.7. The highest BCUT2D eigenvalue weighted by atomic mass is 32.1. The number of piperazine rings is 1. The van der Waals surface area contributed by atoms with Crippen molar-refractivity contribution < 1.29 is 4.39 Å². The van der Waals surface area contributed by atoms with Crippen LogP contribution < -0.4 is 10.2 Å². The van der Waals surface area contributed by atoms with Gasteiger partial charge in [0.15, 0.2) is 5.96 Å². The standard InChI is InChI=1S/C18H24FN5S/c1-3-20-18(22-13-17-21-12-14(2)25-17)24-10-8-23(9-11-24)16-6-4-15(19)5-7-16/h4-7,12H,3,8-11,13H2,1-2H3,(H,20,22). The fourth-order valence-electron chi connectivity index (χ4n) is 2.87. The highest BCUT2D eigenvalue weighted by Crippen LogP contribution is 2.17. The summed E-state index contributed by atoms with van der Waals surface area (Å²) in [5, 5.41) is 4.42. The molecule has 1 N–H and O–H groups in total. The van der Waals surface area contributed by atoms with Crippen molar-refractivity contribution >= 4 is 23.0 Å². The predicted molar refractivity (Wildman–Crippen MR) is 102 cm³/mol. The molecule has 0 radical (unpaired) electrons.